The van der Waals surface area contributed by atoms with Gasteiger partial charge < -0.3 is 15.2 Å². The van der Waals surface area contributed by atoms with Crippen LogP contribution < -0.4 is 10.1 Å². The normalized spacial score (nSPS) is 24.4. The van der Waals surface area contributed by atoms with Crippen LogP contribution in [0.1, 0.15) is 25.5 Å². The van der Waals surface area contributed by atoms with Crippen molar-refractivity contribution in [2.45, 2.75) is 25.4 Å². The largest absolute Gasteiger partial charge is 0.493 e. The fourth-order valence-corrected chi connectivity index (χ4v) is 2.67. The van der Waals surface area contributed by atoms with Gasteiger partial charge in [0.05, 0.1) is 13.3 Å². The summed E-state index contributed by atoms with van der Waals surface area (Å²) in [7, 11) is 3.44. The number of nitrogens with zero attached hydrogens (tertiary/aromatic N) is 2. The number of methoxy groups -OCH3 is 1. The molecule has 2 N–H and O–H groups in total. The lowest BCUT2D eigenvalue weighted by Gasteiger charge is -2.36. The minimum atomic E-state index is -0.913. The van der Waals surface area contributed by atoms with Crippen molar-refractivity contribution in [3.63, 3.8) is 0 Å². The number of hydrogen-bond acceptors (Lipinski definition) is 4. The van der Waals surface area contributed by atoms with E-state index in [0.717, 1.165) is 31.6 Å². The van der Waals surface area contributed by atoms with Crippen LogP contribution in [-0.2, 0) is 12.6 Å². The maximum atomic E-state index is 10.8. The highest BCUT2D eigenvalue weighted by molar-refractivity contribution is 5.31. The number of aliphatic hydroxyl groups is 1. The molecule has 2 heterocycles. The van der Waals surface area contributed by atoms with Crippen molar-refractivity contribution in [1.82, 2.24) is 15.1 Å². The van der Waals surface area contributed by atoms with Gasteiger partial charge in [0.2, 0.25) is 0 Å². The van der Waals surface area contributed by atoms with Crippen molar-refractivity contribution in [3.8, 4) is 5.75 Å². The van der Waals surface area contributed by atoms with Crippen molar-refractivity contribution in [3.05, 3.63) is 11.9 Å². The molecule has 0 amide bonds. The Morgan fingerprint density at radius 1 is 1.65 bits per heavy atom. The Balaban J connectivity index is 2.31. The Morgan fingerprint density at radius 3 is 3.00 bits per heavy atom. The van der Waals surface area contributed by atoms with Gasteiger partial charge in [0.1, 0.15) is 11.3 Å². The van der Waals surface area contributed by atoms with Crippen molar-refractivity contribution < 1.29 is 9.84 Å². The summed E-state index contributed by atoms with van der Waals surface area (Å²) in [5, 5.41) is 18.3. The van der Waals surface area contributed by atoms with Crippen LogP contribution in [0, 0.1) is 5.92 Å². The molecule has 1 saturated heterocycles. The van der Waals surface area contributed by atoms with E-state index in [4.69, 9.17) is 4.74 Å². The number of rotatable bonds is 3. The van der Waals surface area contributed by atoms with Crippen LogP contribution in [0.4, 0.5) is 0 Å². The number of aryl methyl sites for hydroxylation is 1. The van der Waals surface area contributed by atoms with E-state index in [1.165, 1.54) is 0 Å². The first kappa shape index (κ1) is 12.4. The zero-order valence-electron chi connectivity index (χ0n) is 10.7. The molecule has 17 heavy (non-hydrogen) atoms. The van der Waals surface area contributed by atoms with E-state index in [2.05, 4.69) is 10.4 Å². The third-order valence-corrected chi connectivity index (χ3v) is 3.70. The molecule has 1 aliphatic heterocycles. The first-order valence-electron chi connectivity index (χ1n) is 6.07. The first-order chi connectivity index (χ1) is 8.07. The standard InChI is InChI=1S/C12H21N3O2/c1-12(16,9-5-4-6-13-7-9)11-10(17-3)8-14-15(11)2/h8-9,13,16H,4-7H2,1-3H3. The molecule has 2 unspecified atom stereocenters. The van der Waals surface area contributed by atoms with Crippen LogP contribution in [-0.4, -0.2) is 35.1 Å². The maximum Gasteiger partial charge on any atom is 0.162 e. The Morgan fingerprint density at radius 2 is 2.41 bits per heavy atom. The lowest BCUT2D eigenvalue weighted by Crippen LogP contribution is -2.43. The molecule has 2 rings (SSSR count). The molecule has 1 aromatic rings. The molecule has 0 bridgehead atoms. The fraction of sp³-hybridized carbons (Fsp3) is 0.750. The monoisotopic (exact) mass is 239 g/mol. The number of nitrogens with one attached hydrogen (secondary N) is 1. The molecule has 2 atom stereocenters. The van der Waals surface area contributed by atoms with Gasteiger partial charge in [-0.2, -0.15) is 5.10 Å². The van der Waals surface area contributed by atoms with Gasteiger partial charge in [-0.25, -0.2) is 0 Å². The highest BCUT2D eigenvalue weighted by Gasteiger charge is 2.39. The summed E-state index contributed by atoms with van der Waals surface area (Å²) in [5.74, 6) is 0.851. The van der Waals surface area contributed by atoms with Crippen LogP contribution in [0.25, 0.3) is 0 Å². The van der Waals surface area contributed by atoms with E-state index in [9.17, 15) is 5.11 Å². The SMILES string of the molecule is COc1cnn(C)c1C(C)(O)C1CCCNC1. The van der Waals surface area contributed by atoms with Gasteiger partial charge in [-0.1, -0.05) is 0 Å². The zero-order chi connectivity index (χ0) is 12.5. The third-order valence-electron chi connectivity index (χ3n) is 3.70. The molecule has 0 aromatic carbocycles. The van der Waals surface area contributed by atoms with Gasteiger partial charge in [0.15, 0.2) is 5.75 Å². The lowest BCUT2D eigenvalue weighted by atomic mass is 9.81. The molecule has 96 valence electrons. The highest BCUT2D eigenvalue weighted by Crippen LogP contribution is 2.37. The predicted octanol–water partition coefficient (Wildman–Crippen LogP) is 0.636. The summed E-state index contributed by atoms with van der Waals surface area (Å²) < 4.78 is 6.98. The molecule has 5 nitrogen and oxygen atoms in total. The van der Waals surface area contributed by atoms with Crippen LogP contribution in [0.2, 0.25) is 0 Å². The smallest absolute Gasteiger partial charge is 0.162 e. The van der Waals surface area contributed by atoms with E-state index in [0.29, 0.717) is 5.75 Å². The summed E-state index contributed by atoms with van der Waals surface area (Å²) >= 11 is 0. The van der Waals surface area contributed by atoms with Gasteiger partial charge >= 0.3 is 0 Å². The highest BCUT2D eigenvalue weighted by atomic mass is 16.5. The third kappa shape index (κ3) is 2.17. The van der Waals surface area contributed by atoms with Crippen LogP contribution >= 0.6 is 0 Å². The molecule has 1 aliphatic rings. The Labute approximate surface area is 102 Å². The molecule has 1 fully saturated rings. The Bertz CT molecular complexity index is 381. The average Bonchev–Trinajstić information content (AvgIpc) is 2.72. The van der Waals surface area contributed by atoms with Gasteiger partial charge in [-0.05, 0) is 26.3 Å². The predicted molar refractivity (Wildman–Crippen MR) is 64.9 cm³/mol. The minimum Gasteiger partial charge on any atom is -0.493 e. The molecule has 5 heteroatoms. The molecule has 0 radical (unpaired) electrons. The molecular formula is C12H21N3O2. The Hall–Kier alpha value is -1.07. The first-order valence-corrected chi connectivity index (χ1v) is 6.07. The van der Waals surface area contributed by atoms with Crippen molar-refractivity contribution in [2.75, 3.05) is 20.2 Å². The number of aromatic nitrogens is 2. The second-order valence-electron chi connectivity index (χ2n) is 4.88. The molecular weight excluding hydrogens is 218 g/mol. The summed E-state index contributed by atoms with van der Waals surface area (Å²) in [4.78, 5) is 0. The van der Waals surface area contributed by atoms with Crippen LogP contribution in [0.5, 0.6) is 5.75 Å². The van der Waals surface area contributed by atoms with E-state index in [-0.39, 0.29) is 5.92 Å². The maximum absolute atomic E-state index is 10.8. The van der Waals surface area contributed by atoms with Gasteiger partial charge in [-0.15, -0.1) is 0 Å². The summed E-state index contributed by atoms with van der Waals surface area (Å²) in [6.45, 7) is 3.72. The molecule has 0 aliphatic carbocycles. The lowest BCUT2D eigenvalue weighted by molar-refractivity contribution is -0.0242. The van der Waals surface area contributed by atoms with Gasteiger partial charge in [0.25, 0.3) is 0 Å². The van der Waals surface area contributed by atoms with Gasteiger partial charge in [0, 0.05) is 19.5 Å². The molecule has 0 spiro atoms. The summed E-state index contributed by atoms with van der Waals surface area (Å²) in [5.41, 5.74) is -0.155. The Kier molecular flexibility index (Phi) is 3.40. The van der Waals surface area contributed by atoms with Gasteiger partial charge in [-0.3, -0.25) is 4.68 Å². The zero-order valence-corrected chi connectivity index (χ0v) is 10.7. The average molecular weight is 239 g/mol. The van der Waals surface area contributed by atoms with Crippen molar-refractivity contribution in [1.29, 1.82) is 0 Å². The van der Waals surface area contributed by atoms with Crippen molar-refractivity contribution >= 4 is 0 Å². The summed E-state index contributed by atoms with van der Waals surface area (Å²) in [6.07, 6.45) is 3.77. The topological polar surface area (TPSA) is 59.3 Å². The van der Waals surface area contributed by atoms with Crippen LogP contribution in [0.15, 0.2) is 6.20 Å². The second kappa shape index (κ2) is 4.66. The quantitative estimate of drug-likeness (QED) is 0.812. The fourth-order valence-electron chi connectivity index (χ4n) is 2.67. The molecule has 1 aromatic heterocycles. The number of piperidine rings is 1. The number of hydrogen-bond donors (Lipinski definition) is 2. The van der Waals surface area contributed by atoms with Crippen molar-refractivity contribution in [2.24, 2.45) is 13.0 Å². The van der Waals surface area contributed by atoms with E-state index in [1.807, 2.05) is 14.0 Å². The van der Waals surface area contributed by atoms with E-state index >= 15 is 0 Å². The van der Waals surface area contributed by atoms with E-state index < -0.39 is 5.60 Å². The second-order valence-corrected chi connectivity index (χ2v) is 4.88. The van der Waals surface area contributed by atoms with E-state index in [1.54, 1.807) is 18.0 Å². The minimum absolute atomic E-state index is 0.195. The van der Waals surface area contributed by atoms with Crippen LogP contribution in [0.3, 0.4) is 0 Å². The number of ether oxygens (including phenoxy) is 1. The molecule has 0 saturated carbocycles. The summed E-state index contributed by atoms with van der Waals surface area (Å²) in [6, 6.07) is 0.